The summed E-state index contributed by atoms with van der Waals surface area (Å²) >= 11 is 1.75. The van der Waals surface area contributed by atoms with E-state index in [9.17, 15) is 8.42 Å². The van der Waals surface area contributed by atoms with E-state index in [2.05, 4.69) is 34.1 Å². The third kappa shape index (κ3) is 4.04. The third-order valence-corrected chi connectivity index (χ3v) is 7.58. The van der Waals surface area contributed by atoms with Crippen LogP contribution in [0.5, 0.6) is 0 Å². The standard InChI is InChI=1S/C18H22N2O3S2/c21-25(22)9-6-20(7-10-25)16-3-1-15(2-4-16)17-12-19-18(24-17)11-14-5-8-23-13-14/h1-4,12,14H,5-11,13H2. The first kappa shape index (κ1) is 17.0. The Labute approximate surface area is 152 Å². The topological polar surface area (TPSA) is 59.5 Å². The predicted octanol–water partition coefficient (Wildman–Crippen LogP) is 2.62. The molecule has 0 amide bonds. The molecule has 134 valence electrons. The summed E-state index contributed by atoms with van der Waals surface area (Å²) in [4.78, 5) is 7.89. The summed E-state index contributed by atoms with van der Waals surface area (Å²) in [5, 5.41) is 1.18. The first-order valence-electron chi connectivity index (χ1n) is 8.67. The second kappa shape index (κ2) is 7.05. The van der Waals surface area contributed by atoms with Crippen molar-refractivity contribution in [3.63, 3.8) is 0 Å². The van der Waals surface area contributed by atoms with E-state index < -0.39 is 9.84 Å². The fourth-order valence-electron chi connectivity index (χ4n) is 3.34. The largest absolute Gasteiger partial charge is 0.381 e. The minimum atomic E-state index is -2.84. The van der Waals surface area contributed by atoms with E-state index in [0.29, 0.717) is 19.0 Å². The van der Waals surface area contributed by atoms with Gasteiger partial charge in [0.1, 0.15) is 0 Å². The van der Waals surface area contributed by atoms with E-state index in [4.69, 9.17) is 4.74 Å². The summed E-state index contributed by atoms with van der Waals surface area (Å²) in [6, 6.07) is 8.37. The Morgan fingerprint density at radius 1 is 1.20 bits per heavy atom. The molecule has 1 aromatic carbocycles. The summed E-state index contributed by atoms with van der Waals surface area (Å²) in [6.07, 6.45) is 4.10. The summed E-state index contributed by atoms with van der Waals surface area (Å²) in [5.41, 5.74) is 2.26. The molecule has 5 nitrogen and oxygen atoms in total. The van der Waals surface area contributed by atoms with Crippen molar-refractivity contribution in [1.82, 2.24) is 4.98 Å². The quantitative estimate of drug-likeness (QED) is 0.819. The molecule has 0 radical (unpaired) electrons. The Kier molecular flexibility index (Phi) is 4.80. The second-order valence-corrected chi connectivity index (χ2v) is 10.2. The van der Waals surface area contributed by atoms with Gasteiger partial charge in [-0.05, 0) is 30.0 Å². The van der Waals surface area contributed by atoms with Gasteiger partial charge in [0.15, 0.2) is 9.84 Å². The maximum absolute atomic E-state index is 11.6. The lowest BCUT2D eigenvalue weighted by Crippen LogP contribution is -2.40. The van der Waals surface area contributed by atoms with Gasteiger partial charge in [0.05, 0.1) is 21.4 Å². The average Bonchev–Trinajstić information content (AvgIpc) is 3.28. The molecule has 2 aromatic rings. The zero-order valence-corrected chi connectivity index (χ0v) is 15.7. The van der Waals surface area contributed by atoms with Crippen LogP contribution in [-0.4, -0.2) is 51.2 Å². The van der Waals surface area contributed by atoms with Crippen molar-refractivity contribution in [3.8, 4) is 10.4 Å². The van der Waals surface area contributed by atoms with E-state index in [1.54, 1.807) is 11.3 Å². The van der Waals surface area contributed by atoms with Gasteiger partial charge in [-0.1, -0.05) is 12.1 Å². The van der Waals surface area contributed by atoms with E-state index >= 15 is 0 Å². The van der Waals surface area contributed by atoms with Gasteiger partial charge in [-0.2, -0.15) is 0 Å². The third-order valence-electron chi connectivity index (χ3n) is 4.90. The molecule has 2 saturated heterocycles. The maximum Gasteiger partial charge on any atom is 0.153 e. The molecule has 25 heavy (non-hydrogen) atoms. The van der Waals surface area contributed by atoms with Crippen LogP contribution in [0.4, 0.5) is 5.69 Å². The molecular formula is C18H22N2O3S2. The molecule has 0 bridgehead atoms. The van der Waals surface area contributed by atoms with Gasteiger partial charge in [-0.3, -0.25) is 0 Å². The molecule has 0 saturated carbocycles. The number of hydrogen-bond donors (Lipinski definition) is 0. The normalized spacial score (nSPS) is 23.0. The van der Waals surface area contributed by atoms with Crippen molar-refractivity contribution in [2.24, 2.45) is 5.92 Å². The number of aromatic nitrogens is 1. The van der Waals surface area contributed by atoms with Crippen LogP contribution < -0.4 is 4.90 Å². The zero-order chi connectivity index (χ0) is 17.3. The number of nitrogens with zero attached hydrogens (tertiary/aromatic N) is 2. The Morgan fingerprint density at radius 2 is 1.96 bits per heavy atom. The Morgan fingerprint density at radius 3 is 2.64 bits per heavy atom. The van der Waals surface area contributed by atoms with Crippen LogP contribution >= 0.6 is 11.3 Å². The molecule has 4 rings (SSSR count). The molecule has 0 N–H and O–H groups in total. The lowest BCUT2D eigenvalue weighted by atomic mass is 10.1. The van der Waals surface area contributed by atoms with Gasteiger partial charge < -0.3 is 9.64 Å². The molecule has 1 unspecified atom stereocenters. The summed E-state index contributed by atoms with van der Waals surface area (Å²) < 4.78 is 28.5. The highest BCUT2D eigenvalue weighted by molar-refractivity contribution is 7.91. The first-order valence-corrected chi connectivity index (χ1v) is 11.3. The monoisotopic (exact) mass is 378 g/mol. The molecule has 0 aliphatic carbocycles. The molecule has 3 heterocycles. The summed E-state index contributed by atoms with van der Waals surface area (Å²) in [5.74, 6) is 1.10. The average molecular weight is 379 g/mol. The number of anilines is 1. The number of ether oxygens (including phenoxy) is 1. The molecule has 1 aromatic heterocycles. The number of hydrogen-bond acceptors (Lipinski definition) is 6. The minimum Gasteiger partial charge on any atom is -0.381 e. The fraction of sp³-hybridized carbons (Fsp3) is 0.500. The smallest absolute Gasteiger partial charge is 0.153 e. The Hall–Kier alpha value is -1.44. The van der Waals surface area contributed by atoms with Crippen molar-refractivity contribution in [1.29, 1.82) is 0 Å². The number of sulfone groups is 1. The van der Waals surface area contributed by atoms with Crippen molar-refractivity contribution < 1.29 is 13.2 Å². The van der Waals surface area contributed by atoms with Gasteiger partial charge in [-0.15, -0.1) is 11.3 Å². The van der Waals surface area contributed by atoms with Crippen LogP contribution in [0.2, 0.25) is 0 Å². The highest BCUT2D eigenvalue weighted by Gasteiger charge is 2.22. The minimum absolute atomic E-state index is 0.248. The molecular weight excluding hydrogens is 356 g/mol. The summed E-state index contributed by atoms with van der Waals surface area (Å²) in [6.45, 7) is 2.89. The maximum atomic E-state index is 11.6. The van der Waals surface area contributed by atoms with Crippen LogP contribution in [0.25, 0.3) is 10.4 Å². The van der Waals surface area contributed by atoms with Crippen LogP contribution in [0, 0.1) is 5.92 Å². The number of rotatable bonds is 4. The molecule has 2 aliphatic heterocycles. The Bertz CT molecular complexity index is 810. The highest BCUT2D eigenvalue weighted by atomic mass is 32.2. The van der Waals surface area contributed by atoms with Crippen molar-refractivity contribution >= 4 is 26.9 Å². The fourth-order valence-corrected chi connectivity index (χ4v) is 5.58. The van der Waals surface area contributed by atoms with Gasteiger partial charge >= 0.3 is 0 Å². The van der Waals surface area contributed by atoms with E-state index in [1.165, 1.54) is 15.4 Å². The van der Waals surface area contributed by atoms with Gasteiger partial charge in [-0.25, -0.2) is 13.4 Å². The summed E-state index contributed by atoms with van der Waals surface area (Å²) in [7, 11) is -2.84. The molecule has 2 aliphatic rings. The highest BCUT2D eigenvalue weighted by Crippen LogP contribution is 2.30. The predicted molar refractivity (Wildman–Crippen MR) is 101 cm³/mol. The molecule has 7 heteroatoms. The lowest BCUT2D eigenvalue weighted by Gasteiger charge is -2.28. The van der Waals surface area contributed by atoms with Gasteiger partial charge in [0.2, 0.25) is 0 Å². The van der Waals surface area contributed by atoms with E-state index in [-0.39, 0.29) is 11.5 Å². The van der Waals surface area contributed by atoms with Crippen LogP contribution in [0.1, 0.15) is 11.4 Å². The molecule has 2 fully saturated rings. The lowest BCUT2D eigenvalue weighted by molar-refractivity contribution is 0.186. The SMILES string of the molecule is O=S1(=O)CCN(c2ccc(-c3cnc(CC4CCOC4)s3)cc2)CC1. The van der Waals surface area contributed by atoms with Crippen LogP contribution in [-0.2, 0) is 21.0 Å². The van der Waals surface area contributed by atoms with Crippen LogP contribution in [0.15, 0.2) is 30.5 Å². The van der Waals surface area contributed by atoms with Gasteiger partial charge in [0.25, 0.3) is 0 Å². The van der Waals surface area contributed by atoms with Crippen molar-refractivity contribution in [2.45, 2.75) is 12.8 Å². The van der Waals surface area contributed by atoms with Gasteiger partial charge in [0, 0.05) is 44.6 Å². The van der Waals surface area contributed by atoms with E-state index in [1.807, 2.05) is 6.20 Å². The van der Waals surface area contributed by atoms with Crippen molar-refractivity contribution in [2.75, 3.05) is 42.7 Å². The second-order valence-electron chi connectivity index (χ2n) is 6.74. The van der Waals surface area contributed by atoms with Crippen molar-refractivity contribution in [3.05, 3.63) is 35.5 Å². The number of benzene rings is 1. The van der Waals surface area contributed by atoms with Crippen LogP contribution in [0.3, 0.4) is 0 Å². The molecule has 0 spiro atoms. The zero-order valence-electron chi connectivity index (χ0n) is 14.1. The number of thiazole rings is 1. The van der Waals surface area contributed by atoms with E-state index in [0.717, 1.165) is 31.7 Å². The molecule has 1 atom stereocenters. The Balaban J connectivity index is 1.42. The first-order chi connectivity index (χ1) is 12.1.